The third kappa shape index (κ3) is 4.89. The van der Waals surface area contributed by atoms with Crippen LogP contribution in [0.5, 0.6) is 0 Å². The summed E-state index contributed by atoms with van der Waals surface area (Å²) < 4.78 is 13.4. The van der Waals surface area contributed by atoms with Crippen LogP contribution in [-0.2, 0) is 13.0 Å². The summed E-state index contributed by atoms with van der Waals surface area (Å²) >= 11 is 1.63. The number of amides is 2. The minimum Gasteiger partial charge on any atom is -0.319 e. The van der Waals surface area contributed by atoms with Crippen molar-refractivity contribution in [3.8, 4) is 0 Å². The van der Waals surface area contributed by atoms with E-state index in [2.05, 4.69) is 10.3 Å². The molecule has 2 amide bonds. The van der Waals surface area contributed by atoms with Crippen molar-refractivity contribution in [3.63, 3.8) is 0 Å². The minimum absolute atomic E-state index is 0.251. The van der Waals surface area contributed by atoms with Gasteiger partial charge in [0.15, 0.2) is 0 Å². The minimum atomic E-state index is -0.378. The molecule has 0 aliphatic rings. The van der Waals surface area contributed by atoms with E-state index in [-0.39, 0.29) is 11.8 Å². The number of carbonyl (C=O) groups excluding carboxylic acids is 1. The lowest BCUT2D eigenvalue weighted by atomic mass is 10.2. The van der Waals surface area contributed by atoms with E-state index in [4.69, 9.17) is 0 Å². The van der Waals surface area contributed by atoms with Gasteiger partial charge in [-0.15, -0.1) is 11.3 Å². The number of nitrogens with zero attached hydrogens (tertiary/aromatic N) is 2. The van der Waals surface area contributed by atoms with Gasteiger partial charge in [0.1, 0.15) is 5.82 Å². The van der Waals surface area contributed by atoms with Crippen molar-refractivity contribution in [1.29, 1.82) is 0 Å². The number of hydrogen-bond acceptors (Lipinski definition) is 3. The first kappa shape index (κ1) is 18.1. The fourth-order valence-corrected chi connectivity index (χ4v) is 3.48. The molecule has 134 valence electrons. The Bertz CT molecular complexity index is 866. The second-order valence-corrected chi connectivity index (χ2v) is 6.96. The number of aromatic nitrogens is 1. The first-order valence-electron chi connectivity index (χ1n) is 8.36. The van der Waals surface area contributed by atoms with E-state index < -0.39 is 0 Å². The maximum absolute atomic E-state index is 13.4. The zero-order valence-corrected chi connectivity index (χ0v) is 15.3. The normalized spacial score (nSPS) is 10.5. The van der Waals surface area contributed by atoms with Gasteiger partial charge in [0.05, 0.1) is 6.54 Å². The fraction of sp³-hybridized carbons (Fsp3) is 0.200. The Morgan fingerprint density at radius 2 is 2.12 bits per heavy atom. The third-order valence-electron chi connectivity index (χ3n) is 4.03. The molecule has 0 atom stereocenters. The number of aryl methyl sites for hydroxylation is 1. The predicted molar refractivity (Wildman–Crippen MR) is 103 cm³/mol. The van der Waals surface area contributed by atoms with E-state index in [9.17, 15) is 9.18 Å². The van der Waals surface area contributed by atoms with Crippen LogP contribution in [0.15, 0.2) is 60.1 Å². The molecule has 0 saturated heterocycles. The lowest BCUT2D eigenvalue weighted by Crippen LogP contribution is -2.36. The number of benzene rings is 1. The van der Waals surface area contributed by atoms with Crippen LogP contribution in [0.3, 0.4) is 0 Å². The van der Waals surface area contributed by atoms with E-state index >= 15 is 0 Å². The molecule has 26 heavy (non-hydrogen) atoms. The van der Waals surface area contributed by atoms with Crippen molar-refractivity contribution in [2.24, 2.45) is 0 Å². The Labute approximate surface area is 156 Å². The van der Waals surface area contributed by atoms with Crippen LogP contribution >= 0.6 is 11.3 Å². The van der Waals surface area contributed by atoms with Gasteiger partial charge in [-0.3, -0.25) is 4.98 Å². The summed E-state index contributed by atoms with van der Waals surface area (Å²) in [4.78, 5) is 19.9. The van der Waals surface area contributed by atoms with Crippen molar-refractivity contribution in [2.75, 3.05) is 11.9 Å². The Kier molecular flexibility index (Phi) is 5.96. The predicted octanol–water partition coefficient (Wildman–Crippen LogP) is 4.87. The van der Waals surface area contributed by atoms with Gasteiger partial charge in [-0.05, 0) is 54.3 Å². The molecule has 0 unspecified atom stereocenters. The van der Waals surface area contributed by atoms with Gasteiger partial charge >= 0.3 is 6.03 Å². The maximum atomic E-state index is 13.4. The van der Waals surface area contributed by atoms with E-state index in [1.807, 2.05) is 36.6 Å². The van der Waals surface area contributed by atoms with Crippen LogP contribution in [0.4, 0.5) is 14.9 Å². The van der Waals surface area contributed by atoms with Gasteiger partial charge in [0.2, 0.25) is 0 Å². The summed E-state index contributed by atoms with van der Waals surface area (Å²) in [6.07, 6.45) is 2.40. The number of thiophene rings is 1. The van der Waals surface area contributed by atoms with Crippen LogP contribution in [0.2, 0.25) is 0 Å². The number of rotatable bonds is 6. The topological polar surface area (TPSA) is 45.2 Å². The number of nitrogens with one attached hydrogen (secondary N) is 1. The van der Waals surface area contributed by atoms with Gasteiger partial charge in [-0.1, -0.05) is 12.1 Å². The van der Waals surface area contributed by atoms with Crippen molar-refractivity contribution < 1.29 is 9.18 Å². The number of pyridine rings is 1. The van der Waals surface area contributed by atoms with Crippen LogP contribution in [0.25, 0.3) is 0 Å². The highest BCUT2D eigenvalue weighted by atomic mass is 32.1. The molecular formula is C20H20FN3OS. The molecule has 0 bridgehead atoms. The zero-order valence-electron chi connectivity index (χ0n) is 14.5. The fourth-order valence-electron chi connectivity index (χ4n) is 2.56. The lowest BCUT2D eigenvalue weighted by molar-refractivity contribution is 0.210. The zero-order chi connectivity index (χ0) is 18.4. The lowest BCUT2D eigenvalue weighted by Gasteiger charge is -2.23. The third-order valence-corrected chi connectivity index (χ3v) is 5.04. The average molecular weight is 369 g/mol. The van der Waals surface area contributed by atoms with Gasteiger partial charge in [0, 0.05) is 35.4 Å². The molecule has 6 heteroatoms. The molecule has 0 spiro atoms. The van der Waals surface area contributed by atoms with Crippen molar-refractivity contribution in [1.82, 2.24) is 9.88 Å². The molecule has 1 aromatic carbocycles. The average Bonchev–Trinajstić information content (AvgIpc) is 3.04. The Balaban J connectivity index is 1.72. The summed E-state index contributed by atoms with van der Waals surface area (Å²) in [6, 6.07) is 13.4. The highest BCUT2D eigenvalue weighted by Crippen LogP contribution is 2.19. The van der Waals surface area contributed by atoms with Crippen molar-refractivity contribution in [3.05, 3.63) is 82.1 Å². The van der Waals surface area contributed by atoms with E-state index in [0.29, 0.717) is 25.2 Å². The monoisotopic (exact) mass is 369 g/mol. The van der Waals surface area contributed by atoms with Crippen LogP contribution in [0.1, 0.15) is 16.1 Å². The number of hydrogen-bond donors (Lipinski definition) is 1. The van der Waals surface area contributed by atoms with E-state index in [1.54, 1.807) is 34.6 Å². The molecule has 4 nitrogen and oxygen atoms in total. The van der Waals surface area contributed by atoms with E-state index in [0.717, 1.165) is 16.1 Å². The van der Waals surface area contributed by atoms with Gasteiger partial charge in [-0.25, -0.2) is 9.18 Å². The standard InChI is InChI=1S/C20H20FN3OS/c1-15-9-12-26-19(15)14-24(11-8-17-6-2-3-10-22-17)20(25)23-18-7-4-5-16(21)13-18/h2-7,9-10,12-13H,8,11,14H2,1H3,(H,23,25). The molecule has 0 fully saturated rings. The first-order valence-corrected chi connectivity index (χ1v) is 9.24. The maximum Gasteiger partial charge on any atom is 0.322 e. The van der Waals surface area contributed by atoms with Gasteiger partial charge in [-0.2, -0.15) is 0 Å². The SMILES string of the molecule is Cc1ccsc1CN(CCc1ccccn1)C(=O)Nc1cccc(F)c1. The van der Waals surface area contributed by atoms with Gasteiger partial charge in [0.25, 0.3) is 0 Å². The largest absolute Gasteiger partial charge is 0.322 e. The molecule has 3 aromatic rings. The highest BCUT2D eigenvalue weighted by molar-refractivity contribution is 7.10. The molecule has 0 saturated carbocycles. The highest BCUT2D eigenvalue weighted by Gasteiger charge is 2.16. The number of carbonyl (C=O) groups is 1. The van der Waals surface area contributed by atoms with Crippen molar-refractivity contribution in [2.45, 2.75) is 19.9 Å². The van der Waals surface area contributed by atoms with Gasteiger partial charge < -0.3 is 10.2 Å². The molecule has 0 aliphatic heterocycles. The molecule has 3 rings (SSSR count). The van der Waals surface area contributed by atoms with E-state index in [1.165, 1.54) is 12.1 Å². The van der Waals surface area contributed by atoms with Crippen LogP contribution in [-0.4, -0.2) is 22.5 Å². The molecule has 1 N–H and O–H groups in total. The summed E-state index contributed by atoms with van der Waals surface area (Å²) in [5, 5.41) is 4.80. The number of halogens is 1. The Morgan fingerprint density at radius 3 is 2.81 bits per heavy atom. The summed E-state index contributed by atoms with van der Waals surface area (Å²) in [6.45, 7) is 3.07. The number of anilines is 1. The quantitative estimate of drug-likeness (QED) is 0.674. The Hall–Kier alpha value is -2.73. The summed E-state index contributed by atoms with van der Waals surface area (Å²) in [5.74, 6) is -0.378. The molecule has 0 aliphatic carbocycles. The van der Waals surface area contributed by atoms with Crippen LogP contribution in [0, 0.1) is 12.7 Å². The molecular weight excluding hydrogens is 349 g/mol. The summed E-state index contributed by atoms with van der Waals surface area (Å²) in [5.41, 5.74) is 2.54. The molecule has 2 aromatic heterocycles. The van der Waals surface area contributed by atoms with Crippen molar-refractivity contribution >= 4 is 23.1 Å². The number of urea groups is 1. The molecule has 2 heterocycles. The van der Waals surface area contributed by atoms with Crippen LogP contribution < -0.4 is 5.32 Å². The second-order valence-electron chi connectivity index (χ2n) is 5.96. The molecule has 0 radical (unpaired) electrons. The first-order chi connectivity index (χ1) is 12.6. The smallest absolute Gasteiger partial charge is 0.319 e. The summed E-state index contributed by atoms with van der Waals surface area (Å²) in [7, 11) is 0. The Morgan fingerprint density at radius 1 is 1.23 bits per heavy atom. The second kappa shape index (κ2) is 8.58.